The van der Waals surface area contributed by atoms with Crippen molar-refractivity contribution in [3.8, 4) is 22.3 Å². The summed E-state index contributed by atoms with van der Waals surface area (Å²) in [7, 11) is 0. The minimum Gasteiger partial charge on any atom is -0.307 e. The molecule has 0 spiro atoms. The van der Waals surface area contributed by atoms with Crippen molar-refractivity contribution >= 4 is 76.2 Å². The second-order valence-corrected chi connectivity index (χ2v) is 21.9. The van der Waals surface area contributed by atoms with Crippen LogP contribution in [0.1, 0.15) is 105 Å². The maximum absolute atomic E-state index is 2.64. The lowest BCUT2D eigenvalue weighted by Crippen LogP contribution is -2.16. The Morgan fingerprint density at radius 2 is 0.600 bits per heavy atom. The molecule has 0 saturated heterocycles. The summed E-state index contributed by atoms with van der Waals surface area (Å²) < 4.78 is 5.27. The predicted octanol–water partition coefficient (Wildman–Crippen LogP) is 16.5. The van der Waals surface area contributed by atoms with Gasteiger partial charge >= 0.3 is 0 Å². The van der Waals surface area contributed by atoms with Gasteiger partial charge in [0.15, 0.2) is 0 Å². The molecule has 298 valence electrons. The van der Waals surface area contributed by atoms with Gasteiger partial charge in [0.1, 0.15) is 0 Å². The number of nitrogens with zero attached hydrogens (tertiary/aromatic N) is 2. The zero-order valence-electron chi connectivity index (χ0n) is 37.4. The third-order valence-corrected chi connectivity index (χ3v) is 13.7. The van der Waals surface area contributed by atoms with Crippen LogP contribution in [-0.2, 0) is 21.7 Å². The normalized spacial score (nSPS) is 13.7. The van der Waals surface area contributed by atoms with Crippen LogP contribution >= 0.6 is 0 Å². The highest BCUT2D eigenvalue weighted by molar-refractivity contribution is 6.45. The monoisotopic (exact) mass is 780 g/mol. The van der Waals surface area contributed by atoms with E-state index in [1.807, 2.05) is 0 Å². The van der Waals surface area contributed by atoms with Gasteiger partial charge in [0.2, 0.25) is 0 Å². The van der Waals surface area contributed by atoms with Crippen LogP contribution in [0.5, 0.6) is 0 Å². The fourth-order valence-corrected chi connectivity index (χ4v) is 10.4. The first-order valence-electron chi connectivity index (χ1n) is 21.9. The van der Waals surface area contributed by atoms with Gasteiger partial charge < -0.3 is 8.80 Å². The topological polar surface area (TPSA) is 8.82 Å². The molecule has 2 heteroatoms. The van der Waals surface area contributed by atoms with Crippen molar-refractivity contribution in [2.24, 2.45) is 0 Å². The first-order valence-corrected chi connectivity index (χ1v) is 21.9. The first kappa shape index (κ1) is 37.2. The van der Waals surface area contributed by atoms with Crippen LogP contribution in [0.25, 0.3) is 98.4 Å². The van der Waals surface area contributed by atoms with Crippen LogP contribution in [-0.4, -0.2) is 8.80 Å². The Balaban J connectivity index is 1.36. The van der Waals surface area contributed by atoms with E-state index in [9.17, 15) is 0 Å². The summed E-state index contributed by atoms with van der Waals surface area (Å²) in [6.07, 6.45) is 0. The standard InChI is InChI=1S/C58H56N2/c1-55(2,3)35-27-33(28-36(31-35)56(4,5)6)39-21-17-23-43-49-47-42-20-14-16-26-46(42)60-52-40(34-29-37(57(7,8)9)32-38(30-34)58(10,11)12)22-18-24-44(52)50(54(47)60)48-41-19-13-15-25-45(41)59(51(39)43)53(48)49/h13-32H,1-12H3. The van der Waals surface area contributed by atoms with Gasteiger partial charge in [-0.15, -0.1) is 0 Å². The van der Waals surface area contributed by atoms with Crippen LogP contribution in [0.4, 0.5) is 0 Å². The fourth-order valence-electron chi connectivity index (χ4n) is 10.4. The van der Waals surface area contributed by atoms with Gasteiger partial charge in [-0.1, -0.05) is 192 Å². The van der Waals surface area contributed by atoms with E-state index in [1.165, 1.54) is 121 Å². The van der Waals surface area contributed by atoms with E-state index in [2.05, 4.69) is 213 Å². The van der Waals surface area contributed by atoms with E-state index in [0.29, 0.717) is 0 Å². The van der Waals surface area contributed by atoms with Gasteiger partial charge in [-0.25, -0.2) is 0 Å². The summed E-state index contributed by atoms with van der Waals surface area (Å²) in [5.74, 6) is 0. The lowest BCUT2D eigenvalue weighted by Gasteiger charge is -2.26. The Morgan fingerprint density at radius 3 is 0.933 bits per heavy atom. The molecular weight excluding hydrogens is 725 g/mol. The van der Waals surface area contributed by atoms with E-state index < -0.39 is 0 Å². The predicted molar refractivity (Wildman–Crippen MR) is 261 cm³/mol. The molecule has 60 heavy (non-hydrogen) atoms. The minimum atomic E-state index is 0.0128. The molecule has 0 bridgehead atoms. The van der Waals surface area contributed by atoms with Gasteiger partial charge in [0.05, 0.1) is 33.1 Å². The molecule has 7 aromatic carbocycles. The molecule has 0 N–H and O–H groups in total. The molecule has 0 radical (unpaired) electrons. The minimum absolute atomic E-state index is 0.0128. The molecule has 0 fully saturated rings. The van der Waals surface area contributed by atoms with Crippen molar-refractivity contribution in [3.63, 3.8) is 0 Å². The van der Waals surface area contributed by atoms with Crippen molar-refractivity contribution in [2.45, 2.75) is 105 Å². The van der Waals surface area contributed by atoms with Crippen molar-refractivity contribution in [1.82, 2.24) is 8.80 Å². The van der Waals surface area contributed by atoms with Gasteiger partial charge in [0.25, 0.3) is 0 Å². The number of aromatic nitrogens is 2. The molecule has 0 saturated carbocycles. The summed E-state index contributed by atoms with van der Waals surface area (Å²) in [4.78, 5) is 0. The smallest absolute Gasteiger partial charge is 0.0634 e. The Labute approximate surface area is 354 Å². The maximum Gasteiger partial charge on any atom is 0.0634 e. The molecule has 0 aliphatic carbocycles. The summed E-state index contributed by atoms with van der Waals surface area (Å²) in [5, 5.41) is 10.7. The molecule has 0 unspecified atom stereocenters. The molecule has 4 aromatic heterocycles. The molecular formula is C58H56N2. The first-order chi connectivity index (χ1) is 28.3. The summed E-state index contributed by atoms with van der Waals surface area (Å²) in [6.45, 7) is 28.1. The highest BCUT2D eigenvalue weighted by Crippen LogP contribution is 2.54. The molecule has 0 atom stereocenters. The SMILES string of the molecule is CC(C)(C)c1cc(-c2cccc3c4c5c6ccccc6n6c7c(-c8cc(C(C)(C)C)cc(C(C)(C)C)c8)cccc7c(c7c8ccccc8n(c23)c74)c56)cc(C(C)(C)C)c1. The molecule has 0 aliphatic heterocycles. The van der Waals surface area contributed by atoms with Crippen molar-refractivity contribution < 1.29 is 0 Å². The Kier molecular flexibility index (Phi) is 7.38. The van der Waals surface area contributed by atoms with E-state index in [0.717, 1.165) is 0 Å². The van der Waals surface area contributed by atoms with Crippen LogP contribution in [0, 0.1) is 0 Å². The second-order valence-electron chi connectivity index (χ2n) is 21.9. The van der Waals surface area contributed by atoms with E-state index in [4.69, 9.17) is 0 Å². The van der Waals surface area contributed by atoms with Crippen LogP contribution in [0.15, 0.2) is 121 Å². The number of rotatable bonds is 2. The quantitative estimate of drug-likeness (QED) is 0.165. The van der Waals surface area contributed by atoms with E-state index in [-0.39, 0.29) is 21.7 Å². The lowest BCUT2D eigenvalue weighted by atomic mass is 9.78. The molecule has 0 aliphatic rings. The zero-order valence-corrected chi connectivity index (χ0v) is 37.4. The average molecular weight is 781 g/mol. The molecule has 2 nitrogen and oxygen atoms in total. The van der Waals surface area contributed by atoms with Crippen molar-refractivity contribution in [3.05, 3.63) is 144 Å². The highest BCUT2D eigenvalue weighted by atomic mass is 14.9. The highest BCUT2D eigenvalue weighted by Gasteiger charge is 2.31. The summed E-state index contributed by atoms with van der Waals surface area (Å²) >= 11 is 0. The summed E-state index contributed by atoms with van der Waals surface area (Å²) in [6, 6.07) is 47.2. The maximum atomic E-state index is 2.64. The number of fused-ring (bicyclic) bond motifs is 14. The number of hydrogen-bond donors (Lipinski definition) is 0. The Morgan fingerprint density at radius 1 is 0.300 bits per heavy atom. The third-order valence-electron chi connectivity index (χ3n) is 13.7. The average Bonchev–Trinajstić information content (AvgIpc) is 3.92. The molecule has 11 rings (SSSR count). The summed E-state index contributed by atoms with van der Waals surface area (Å²) in [5.41, 5.74) is 18.5. The number of hydrogen-bond acceptors (Lipinski definition) is 0. The van der Waals surface area contributed by atoms with E-state index >= 15 is 0 Å². The Bertz CT molecular complexity index is 3250. The second kappa shape index (κ2) is 11.9. The number of benzene rings is 7. The zero-order chi connectivity index (χ0) is 42.0. The van der Waals surface area contributed by atoms with Gasteiger partial charge in [0, 0.05) is 54.2 Å². The largest absolute Gasteiger partial charge is 0.307 e. The number of para-hydroxylation sites is 4. The fraction of sp³-hybridized carbons (Fsp3) is 0.276. The van der Waals surface area contributed by atoms with Crippen LogP contribution < -0.4 is 0 Å². The van der Waals surface area contributed by atoms with Crippen molar-refractivity contribution in [1.29, 1.82) is 0 Å². The molecule has 11 aromatic rings. The molecule has 0 amide bonds. The third kappa shape index (κ3) is 5.06. The molecule has 4 heterocycles. The Hall–Kier alpha value is -5.86. The van der Waals surface area contributed by atoms with Gasteiger partial charge in [-0.2, -0.15) is 0 Å². The van der Waals surface area contributed by atoms with E-state index in [1.54, 1.807) is 0 Å². The van der Waals surface area contributed by atoms with Gasteiger partial charge in [-0.3, -0.25) is 0 Å². The van der Waals surface area contributed by atoms with Crippen molar-refractivity contribution in [2.75, 3.05) is 0 Å². The lowest BCUT2D eigenvalue weighted by molar-refractivity contribution is 0.568. The van der Waals surface area contributed by atoms with Crippen LogP contribution in [0.2, 0.25) is 0 Å². The van der Waals surface area contributed by atoms with Crippen LogP contribution in [0.3, 0.4) is 0 Å². The van der Waals surface area contributed by atoms with Gasteiger partial charge in [-0.05, 0) is 67.2 Å².